The molecule has 66 heavy (non-hydrogen) atoms. The Morgan fingerprint density at radius 2 is 1.30 bits per heavy atom. The summed E-state index contributed by atoms with van der Waals surface area (Å²) in [4.78, 5) is 13.1. The van der Waals surface area contributed by atoms with Gasteiger partial charge in [0.2, 0.25) is 0 Å². The molecule has 19 nitrogen and oxygen atoms in total. The minimum atomic E-state index is -2.10. The number of aliphatic carboxylic acids is 1. The first-order valence-corrected chi connectivity index (χ1v) is 24.6. The van der Waals surface area contributed by atoms with Crippen molar-refractivity contribution >= 4 is 5.97 Å². The van der Waals surface area contributed by atoms with Gasteiger partial charge in [-0.2, -0.15) is 0 Å². The number of hydrogen-bond donors (Lipinski definition) is 12. The second-order valence-corrected chi connectivity index (χ2v) is 22.1. The minimum Gasteiger partial charge on any atom is -0.479 e. The normalized spacial score (nSPS) is 52.2. The molecule has 0 aromatic rings. The van der Waals surface area contributed by atoms with E-state index in [2.05, 4.69) is 27.7 Å². The van der Waals surface area contributed by atoms with E-state index in [1.165, 1.54) is 6.92 Å². The summed E-state index contributed by atoms with van der Waals surface area (Å²) in [5.74, 6) is -1.92. The fourth-order valence-electron chi connectivity index (χ4n) is 14.6. The van der Waals surface area contributed by atoms with Gasteiger partial charge in [0.15, 0.2) is 25.0 Å². The molecule has 28 unspecified atom stereocenters. The van der Waals surface area contributed by atoms with E-state index in [0.29, 0.717) is 25.2 Å². The smallest absolute Gasteiger partial charge is 0.335 e. The Morgan fingerprint density at radius 1 is 0.697 bits per heavy atom. The molecule has 7 fully saturated rings. The third kappa shape index (κ3) is 9.39. The van der Waals surface area contributed by atoms with Crippen LogP contribution in [0, 0.1) is 58.2 Å². The molecule has 3 saturated heterocycles. The van der Waals surface area contributed by atoms with Crippen LogP contribution in [0.3, 0.4) is 0 Å². The number of rotatable bonds is 14. The van der Waals surface area contributed by atoms with Crippen molar-refractivity contribution in [3.63, 3.8) is 0 Å². The summed E-state index contributed by atoms with van der Waals surface area (Å²) in [5.41, 5.74) is -0.631. The third-order valence-corrected chi connectivity index (χ3v) is 18.1. The summed E-state index contributed by atoms with van der Waals surface area (Å²) >= 11 is 0. The first-order valence-electron chi connectivity index (χ1n) is 24.6. The van der Waals surface area contributed by atoms with Crippen molar-refractivity contribution in [2.24, 2.45) is 58.2 Å². The number of aliphatic hydroxyl groups excluding tert-OH is 11. The fraction of sp³-hybridized carbons (Fsp3) is 0.979. The summed E-state index contributed by atoms with van der Waals surface area (Å²) in [5, 5.41) is 133. The maximum atomic E-state index is 13.1. The summed E-state index contributed by atoms with van der Waals surface area (Å²) in [6.45, 7) is 13.3. The van der Waals surface area contributed by atoms with Crippen molar-refractivity contribution in [1.29, 1.82) is 0 Å². The monoisotopic (exact) mass is 949 g/mol. The fourth-order valence-corrected chi connectivity index (χ4v) is 14.6. The second kappa shape index (κ2) is 20.5. The van der Waals surface area contributed by atoms with Gasteiger partial charge in [0.1, 0.15) is 61.0 Å². The molecule has 4 aliphatic carbocycles. The Bertz CT molecular complexity index is 1620. The van der Waals surface area contributed by atoms with Crippen LogP contribution in [0.2, 0.25) is 0 Å². The van der Waals surface area contributed by atoms with Crippen molar-refractivity contribution in [3.8, 4) is 0 Å². The van der Waals surface area contributed by atoms with Gasteiger partial charge in [0.25, 0.3) is 0 Å². The van der Waals surface area contributed by atoms with E-state index in [9.17, 15) is 66.1 Å². The molecule has 28 atom stereocenters. The van der Waals surface area contributed by atoms with Crippen molar-refractivity contribution in [3.05, 3.63) is 0 Å². The molecule has 0 aromatic carbocycles. The average molecular weight is 949 g/mol. The van der Waals surface area contributed by atoms with Crippen molar-refractivity contribution < 1.29 is 94.5 Å². The molecule has 7 aliphatic rings. The Balaban J connectivity index is 1.27. The van der Waals surface area contributed by atoms with Crippen molar-refractivity contribution in [2.45, 2.75) is 223 Å². The van der Waals surface area contributed by atoms with Crippen LogP contribution < -0.4 is 0 Å². The van der Waals surface area contributed by atoms with E-state index < -0.39 is 134 Å². The third-order valence-electron chi connectivity index (χ3n) is 18.1. The van der Waals surface area contributed by atoms with Gasteiger partial charge in [0, 0.05) is 0 Å². The molecule has 0 bridgehead atoms. The SMILES string of the molecule is CCC(C(C)C)C(O)CC(C)C1C(OC2OC(C(=O)O)C(OC3OC(C)C(O)C(O)C3O)C(O)C2OC2OC(CO)C(O)C(O)C2O)C(O)C2C3CCC4CC(O)CCC4(C)C3CCC21C. The Kier molecular flexibility index (Phi) is 16.3. The topological polar surface area (TPSA) is 315 Å². The first kappa shape index (κ1) is 52.6. The minimum absolute atomic E-state index is 0.0187. The van der Waals surface area contributed by atoms with Gasteiger partial charge in [-0.05, 0) is 116 Å². The van der Waals surface area contributed by atoms with Crippen LogP contribution in [-0.4, -0.2) is 190 Å². The van der Waals surface area contributed by atoms with Gasteiger partial charge in [-0.1, -0.05) is 48.0 Å². The molecular weight excluding hydrogens is 868 g/mol. The number of hydrogen-bond acceptors (Lipinski definition) is 18. The molecule has 7 rings (SSSR count). The highest BCUT2D eigenvalue weighted by Crippen LogP contribution is 2.69. The zero-order valence-corrected chi connectivity index (χ0v) is 39.4. The number of carboxylic acid groups (broad SMARTS) is 1. The average Bonchev–Trinajstić information content (AvgIpc) is 3.49. The van der Waals surface area contributed by atoms with E-state index in [4.69, 9.17) is 28.4 Å². The summed E-state index contributed by atoms with van der Waals surface area (Å²) in [6, 6.07) is 0. The molecule has 0 radical (unpaired) electrons. The predicted octanol–water partition coefficient (Wildman–Crippen LogP) is -0.390. The molecule has 3 heterocycles. The summed E-state index contributed by atoms with van der Waals surface area (Å²) in [7, 11) is 0. The van der Waals surface area contributed by atoms with Gasteiger partial charge in [0.05, 0.1) is 37.1 Å². The lowest BCUT2D eigenvalue weighted by Crippen LogP contribution is -2.67. The molecule has 382 valence electrons. The standard InChI is InChI=1S/C47H80O19/c1-8-23(18(2)3)26(50)15-19(4)28-38(32(53)29-24-10-9-21-16-22(49)11-13-46(21,6)25(24)12-14-47(28,29)7)63-45-40(65-44-36(57)34(55)31(52)27(17-48)62-44)37(58)39(41(66-45)42(59)60)64-43-35(56)33(54)30(51)20(5)61-43/h18-41,43-45,48-58H,8-17H2,1-7H3,(H,59,60). The molecule has 19 heteroatoms. The van der Waals surface area contributed by atoms with E-state index in [-0.39, 0.29) is 47.0 Å². The highest BCUT2D eigenvalue weighted by molar-refractivity contribution is 5.73. The number of aliphatic hydroxyl groups is 11. The Hall–Kier alpha value is -1.21. The Labute approximate surface area is 387 Å². The van der Waals surface area contributed by atoms with E-state index in [0.717, 1.165) is 38.5 Å². The van der Waals surface area contributed by atoms with Crippen LogP contribution in [0.1, 0.15) is 106 Å². The van der Waals surface area contributed by atoms with Crippen LogP contribution in [0.5, 0.6) is 0 Å². The van der Waals surface area contributed by atoms with Gasteiger partial charge in [-0.3, -0.25) is 0 Å². The molecule has 0 aromatic heterocycles. The van der Waals surface area contributed by atoms with Gasteiger partial charge >= 0.3 is 5.97 Å². The van der Waals surface area contributed by atoms with Crippen LogP contribution in [-0.2, 0) is 33.2 Å². The van der Waals surface area contributed by atoms with Crippen LogP contribution >= 0.6 is 0 Å². The highest BCUT2D eigenvalue weighted by Gasteiger charge is 2.68. The molecule has 0 amide bonds. The van der Waals surface area contributed by atoms with Crippen LogP contribution in [0.15, 0.2) is 0 Å². The van der Waals surface area contributed by atoms with Crippen LogP contribution in [0.25, 0.3) is 0 Å². The summed E-state index contributed by atoms with van der Waals surface area (Å²) < 4.78 is 36.5. The van der Waals surface area contributed by atoms with E-state index in [1.54, 1.807) is 0 Å². The molecular formula is C47H80O19. The number of ether oxygens (including phenoxy) is 6. The van der Waals surface area contributed by atoms with Crippen molar-refractivity contribution in [1.82, 2.24) is 0 Å². The predicted molar refractivity (Wildman–Crippen MR) is 229 cm³/mol. The lowest BCUT2D eigenvalue weighted by molar-refractivity contribution is -0.388. The largest absolute Gasteiger partial charge is 0.479 e. The van der Waals surface area contributed by atoms with Crippen LogP contribution in [0.4, 0.5) is 0 Å². The van der Waals surface area contributed by atoms with E-state index in [1.807, 2.05) is 13.8 Å². The first-order chi connectivity index (χ1) is 31.0. The molecule has 0 spiro atoms. The lowest BCUT2D eigenvalue weighted by Gasteiger charge is -2.61. The molecule has 3 aliphatic heterocycles. The molecule has 12 N–H and O–H groups in total. The number of carboxylic acids is 1. The zero-order valence-electron chi connectivity index (χ0n) is 39.4. The van der Waals surface area contributed by atoms with Gasteiger partial charge in [-0.15, -0.1) is 0 Å². The second-order valence-electron chi connectivity index (χ2n) is 22.1. The highest BCUT2D eigenvalue weighted by atomic mass is 16.8. The van der Waals surface area contributed by atoms with Gasteiger partial charge < -0.3 is 89.7 Å². The van der Waals surface area contributed by atoms with Crippen molar-refractivity contribution in [2.75, 3.05) is 6.61 Å². The van der Waals surface area contributed by atoms with Gasteiger partial charge in [-0.25, -0.2) is 4.79 Å². The van der Waals surface area contributed by atoms with E-state index >= 15 is 0 Å². The maximum Gasteiger partial charge on any atom is 0.335 e. The molecule has 4 saturated carbocycles. The Morgan fingerprint density at radius 3 is 1.92 bits per heavy atom. The number of carbonyl (C=O) groups is 1. The number of fused-ring (bicyclic) bond motifs is 5. The summed E-state index contributed by atoms with van der Waals surface area (Å²) in [6.07, 6.45) is -23.7. The maximum absolute atomic E-state index is 13.1. The lowest BCUT2D eigenvalue weighted by atomic mass is 9.44. The zero-order chi connectivity index (χ0) is 48.5. The quantitative estimate of drug-likeness (QED) is 0.106.